The summed E-state index contributed by atoms with van der Waals surface area (Å²) in [5, 5.41) is 10.4. The Kier molecular flexibility index (Phi) is 5.62. The maximum Gasteiger partial charge on any atom is 0.333 e. The van der Waals surface area contributed by atoms with Gasteiger partial charge < -0.3 is 14.8 Å². The number of rotatable bonds is 6. The molecule has 142 valence electrons. The van der Waals surface area contributed by atoms with Crippen LogP contribution in [0.5, 0.6) is 5.75 Å². The van der Waals surface area contributed by atoms with E-state index in [1.54, 1.807) is 24.4 Å². The van der Waals surface area contributed by atoms with Crippen LogP contribution in [-0.4, -0.2) is 36.2 Å². The zero-order valence-electron chi connectivity index (χ0n) is 13.8. The summed E-state index contributed by atoms with van der Waals surface area (Å²) in [6.07, 6.45) is 1.56. The number of halogens is 2. The van der Waals surface area contributed by atoms with E-state index in [2.05, 4.69) is 4.98 Å². The molecule has 0 aliphatic rings. The van der Waals surface area contributed by atoms with Crippen LogP contribution >= 0.6 is 35.0 Å². The van der Waals surface area contributed by atoms with Crippen LogP contribution in [0.1, 0.15) is 0 Å². The molecule has 27 heavy (non-hydrogen) atoms. The number of hydrogen-bond acceptors (Lipinski definition) is 5. The monoisotopic (exact) mass is 445 g/mol. The lowest BCUT2D eigenvalue weighted by Gasteiger charge is -2.13. The minimum atomic E-state index is -4.22. The maximum absolute atomic E-state index is 12.9. The van der Waals surface area contributed by atoms with Gasteiger partial charge in [-0.15, -0.1) is 0 Å². The van der Waals surface area contributed by atoms with Crippen molar-refractivity contribution in [1.29, 1.82) is 0 Å². The molecular weight excluding hydrogens is 433 g/mol. The Bertz CT molecular complexity index is 1130. The van der Waals surface area contributed by atoms with Crippen molar-refractivity contribution in [2.75, 3.05) is 7.11 Å². The summed E-state index contributed by atoms with van der Waals surface area (Å²) < 4.78 is 29.2. The molecule has 3 aromatic rings. The van der Waals surface area contributed by atoms with Gasteiger partial charge in [0.15, 0.2) is 0 Å². The van der Waals surface area contributed by atoms with E-state index in [1.807, 2.05) is 0 Å². The zero-order chi connectivity index (χ0) is 19.8. The Morgan fingerprint density at radius 1 is 1.19 bits per heavy atom. The molecule has 1 atom stereocenters. The van der Waals surface area contributed by atoms with Crippen LogP contribution in [0.4, 0.5) is 0 Å². The number of ether oxygens (including phenoxy) is 1. The third kappa shape index (κ3) is 3.89. The van der Waals surface area contributed by atoms with Gasteiger partial charge in [-0.1, -0.05) is 35.0 Å². The molecule has 6 nitrogen and oxygen atoms in total. The molecule has 0 saturated heterocycles. The number of carbonyl (C=O) groups is 1. The largest absolute Gasteiger partial charge is 0.497 e. The number of carboxylic acids is 1. The molecule has 1 heterocycles. The first-order chi connectivity index (χ1) is 12.7. The summed E-state index contributed by atoms with van der Waals surface area (Å²) in [6.45, 7) is 0. The second-order valence-corrected chi connectivity index (χ2v) is 9.77. The lowest BCUT2D eigenvalue weighted by atomic mass is 10.2. The van der Waals surface area contributed by atoms with Gasteiger partial charge in [0.25, 0.3) is 0 Å². The fraction of sp³-hybridized carbons (Fsp3) is 0.118. The number of H-pyrrole nitrogens is 1. The minimum absolute atomic E-state index is 0.0312. The highest BCUT2D eigenvalue weighted by Gasteiger charge is 2.36. The van der Waals surface area contributed by atoms with Gasteiger partial charge in [-0.3, -0.25) is 0 Å². The number of thioether (sulfide) groups is 1. The van der Waals surface area contributed by atoms with Gasteiger partial charge in [0.1, 0.15) is 5.75 Å². The number of sulfone groups is 1. The van der Waals surface area contributed by atoms with Crippen LogP contribution in [-0.2, 0) is 14.6 Å². The van der Waals surface area contributed by atoms with Gasteiger partial charge >= 0.3 is 5.97 Å². The highest BCUT2D eigenvalue weighted by molar-refractivity contribution is 8.14. The quantitative estimate of drug-likeness (QED) is 0.543. The van der Waals surface area contributed by atoms with Crippen LogP contribution in [0, 0.1) is 0 Å². The predicted octanol–water partition coefficient (Wildman–Crippen LogP) is 4.46. The van der Waals surface area contributed by atoms with Crippen molar-refractivity contribution in [3.8, 4) is 5.75 Å². The summed E-state index contributed by atoms with van der Waals surface area (Å²) in [5.41, 5.74) is 0.731. The van der Waals surface area contributed by atoms with Gasteiger partial charge in [0.05, 0.1) is 22.1 Å². The predicted molar refractivity (Wildman–Crippen MR) is 106 cm³/mol. The van der Waals surface area contributed by atoms with Gasteiger partial charge in [0.2, 0.25) is 14.4 Å². The minimum Gasteiger partial charge on any atom is -0.497 e. The fourth-order valence-electron chi connectivity index (χ4n) is 2.44. The number of nitrogens with one attached hydrogen (secondary N) is 1. The van der Waals surface area contributed by atoms with Crippen molar-refractivity contribution in [2.45, 2.75) is 14.4 Å². The second-order valence-electron chi connectivity index (χ2n) is 5.47. The van der Waals surface area contributed by atoms with Crippen molar-refractivity contribution in [1.82, 2.24) is 4.98 Å². The Balaban J connectivity index is 2.04. The standard InChI is InChI=1S/C17H13Cl2NO5S2/c1-25-9-2-5-14-11(6-9)15(8-20-14)26-17(16(21)22)27(23,24)10-3-4-12(18)13(19)7-10/h2-8,17,20H,1H3,(H,21,22). The Labute approximate surface area is 169 Å². The molecule has 10 heteroatoms. The SMILES string of the molecule is COc1ccc2[nH]cc(SC(C(=O)O)S(=O)(=O)c3ccc(Cl)c(Cl)c3)c2c1. The van der Waals surface area contributed by atoms with Crippen molar-refractivity contribution in [3.63, 3.8) is 0 Å². The molecule has 0 bridgehead atoms. The summed E-state index contributed by atoms with van der Waals surface area (Å²) in [5.74, 6) is -0.911. The van der Waals surface area contributed by atoms with E-state index in [0.717, 1.165) is 11.6 Å². The normalized spacial score (nSPS) is 12.9. The molecule has 3 rings (SSSR count). The molecule has 0 aliphatic heterocycles. The molecule has 0 spiro atoms. The van der Waals surface area contributed by atoms with Gasteiger partial charge in [-0.05, 0) is 36.4 Å². The number of benzene rings is 2. The van der Waals surface area contributed by atoms with E-state index in [0.29, 0.717) is 27.8 Å². The first kappa shape index (κ1) is 19.9. The molecule has 0 saturated carbocycles. The first-order valence-electron chi connectivity index (χ1n) is 7.47. The molecule has 1 unspecified atom stereocenters. The van der Waals surface area contributed by atoms with E-state index in [1.165, 1.54) is 19.2 Å². The summed E-state index contributed by atoms with van der Waals surface area (Å²) >= 11 is 12.4. The number of hydrogen-bond donors (Lipinski definition) is 2. The first-order valence-corrected chi connectivity index (χ1v) is 10.7. The average molecular weight is 446 g/mol. The van der Waals surface area contributed by atoms with Crippen LogP contribution < -0.4 is 4.74 Å². The number of aromatic amines is 1. The lowest BCUT2D eigenvalue weighted by molar-refractivity contribution is -0.134. The van der Waals surface area contributed by atoms with E-state index in [-0.39, 0.29) is 14.9 Å². The van der Waals surface area contributed by atoms with Crippen LogP contribution in [0.15, 0.2) is 52.4 Å². The van der Waals surface area contributed by atoms with Gasteiger partial charge in [-0.2, -0.15) is 0 Å². The van der Waals surface area contributed by atoms with Crippen LogP contribution in [0.3, 0.4) is 0 Å². The zero-order valence-corrected chi connectivity index (χ0v) is 16.9. The molecule has 0 amide bonds. The Hall–Kier alpha value is -1.87. The number of aromatic nitrogens is 1. The lowest BCUT2D eigenvalue weighted by Crippen LogP contribution is -2.27. The number of fused-ring (bicyclic) bond motifs is 1. The molecule has 2 N–H and O–H groups in total. The summed E-state index contributed by atoms with van der Waals surface area (Å²) in [4.78, 5) is 15.0. The highest BCUT2D eigenvalue weighted by Crippen LogP contribution is 2.37. The van der Waals surface area contributed by atoms with Crippen molar-refractivity contribution in [3.05, 3.63) is 52.6 Å². The molecule has 0 fully saturated rings. The van der Waals surface area contributed by atoms with E-state index in [4.69, 9.17) is 27.9 Å². The third-order valence-corrected chi connectivity index (χ3v) is 8.26. The van der Waals surface area contributed by atoms with Crippen molar-refractivity contribution >= 4 is 61.7 Å². The maximum atomic E-state index is 12.9. The number of carboxylic acid groups (broad SMARTS) is 1. The second kappa shape index (κ2) is 7.63. The van der Waals surface area contributed by atoms with Gasteiger partial charge in [0, 0.05) is 22.0 Å². The number of aliphatic carboxylic acids is 1. The summed E-state index contributed by atoms with van der Waals surface area (Å²) in [7, 11) is -2.72. The topological polar surface area (TPSA) is 96.5 Å². The molecule has 2 aromatic carbocycles. The van der Waals surface area contributed by atoms with E-state index >= 15 is 0 Å². The molecule has 1 aromatic heterocycles. The van der Waals surface area contributed by atoms with Crippen molar-refractivity contribution < 1.29 is 23.1 Å². The highest BCUT2D eigenvalue weighted by atomic mass is 35.5. The fourth-order valence-corrected chi connectivity index (χ4v) is 5.76. The third-order valence-electron chi connectivity index (χ3n) is 3.79. The van der Waals surface area contributed by atoms with E-state index < -0.39 is 20.4 Å². The molecule has 0 radical (unpaired) electrons. The smallest absolute Gasteiger partial charge is 0.333 e. The van der Waals surface area contributed by atoms with Crippen LogP contribution in [0.2, 0.25) is 10.0 Å². The number of methoxy groups -OCH3 is 1. The Morgan fingerprint density at radius 2 is 1.93 bits per heavy atom. The summed E-state index contributed by atoms with van der Waals surface area (Å²) in [6, 6.07) is 8.91. The molecular formula is C17H13Cl2NO5S2. The van der Waals surface area contributed by atoms with Gasteiger partial charge in [-0.25, -0.2) is 13.2 Å². The average Bonchev–Trinajstić information content (AvgIpc) is 3.03. The van der Waals surface area contributed by atoms with Crippen LogP contribution in [0.25, 0.3) is 10.9 Å². The Morgan fingerprint density at radius 3 is 2.56 bits per heavy atom. The molecule has 0 aliphatic carbocycles. The van der Waals surface area contributed by atoms with E-state index in [9.17, 15) is 18.3 Å². The van der Waals surface area contributed by atoms with Crippen molar-refractivity contribution in [2.24, 2.45) is 0 Å².